The maximum Gasteiger partial charge on any atom is 0.305 e. The summed E-state index contributed by atoms with van der Waals surface area (Å²) in [5.41, 5.74) is 0.213. The number of carbonyl (C=O) groups is 2. The number of hydrogen-bond acceptors (Lipinski definition) is 2. The van der Waals surface area contributed by atoms with Gasteiger partial charge in [-0.3, -0.25) is 9.59 Å². The van der Waals surface area contributed by atoms with Crippen LogP contribution < -0.4 is 0 Å². The predicted octanol–water partition coefficient (Wildman–Crippen LogP) is 3.32. The van der Waals surface area contributed by atoms with Gasteiger partial charge in [-0.25, -0.2) is 0 Å². The van der Waals surface area contributed by atoms with E-state index in [0.717, 1.165) is 0 Å². The van der Waals surface area contributed by atoms with Crippen molar-refractivity contribution in [2.45, 2.75) is 26.3 Å². The summed E-state index contributed by atoms with van der Waals surface area (Å²) in [4.78, 5) is 24.6. The van der Waals surface area contributed by atoms with Crippen LogP contribution in [0.4, 0.5) is 0 Å². The van der Waals surface area contributed by atoms with Crippen molar-refractivity contribution in [3.8, 4) is 0 Å². The van der Waals surface area contributed by atoms with Gasteiger partial charge in [0.25, 0.3) is 5.91 Å². The molecular weight excluding hydrogens is 289 g/mol. The van der Waals surface area contributed by atoms with Crippen molar-refractivity contribution >= 4 is 35.1 Å². The third kappa shape index (κ3) is 3.85. The van der Waals surface area contributed by atoms with Crippen LogP contribution in [0.1, 0.15) is 30.6 Å². The fourth-order valence-electron chi connectivity index (χ4n) is 1.86. The van der Waals surface area contributed by atoms with Crippen LogP contribution >= 0.6 is 23.2 Å². The Morgan fingerprint density at radius 2 is 1.84 bits per heavy atom. The number of carboxylic acids is 1. The topological polar surface area (TPSA) is 57.6 Å². The third-order valence-electron chi connectivity index (χ3n) is 2.78. The zero-order valence-electron chi connectivity index (χ0n) is 10.7. The summed E-state index contributed by atoms with van der Waals surface area (Å²) in [7, 11) is 0. The van der Waals surface area contributed by atoms with Crippen LogP contribution in [0.3, 0.4) is 0 Å². The maximum atomic E-state index is 12.4. The fraction of sp³-hybridized carbons (Fsp3) is 0.385. The molecule has 0 heterocycles. The van der Waals surface area contributed by atoms with Gasteiger partial charge in [-0.05, 0) is 26.0 Å². The Balaban J connectivity index is 3.05. The molecule has 0 radical (unpaired) electrons. The molecule has 0 aliphatic rings. The molecule has 0 bridgehead atoms. The molecule has 6 heteroatoms. The van der Waals surface area contributed by atoms with Gasteiger partial charge in [-0.2, -0.15) is 0 Å². The molecule has 1 unspecified atom stereocenters. The molecule has 0 aromatic heterocycles. The second-order valence-corrected chi connectivity index (χ2v) is 4.95. The molecule has 0 saturated carbocycles. The molecule has 1 aromatic carbocycles. The van der Waals surface area contributed by atoms with Gasteiger partial charge < -0.3 is 10.0 Å². The van der Waals surface area contributed by atoms with Gasteiger partial charge >= 0.3 is 5.97 Å². The van der Waals surface area contributed by atoms with Crippen molar-refractivity contribution in [1.82, 2.24) is 4.90 Å². The lowest BCUT2D eigenvalue weighted by Crippen LogP contribution is -2.40. The molecule has 1 amide bonds. The number of carboxylic acid groups (broad SMARTS) is 1. The molecule has 1 aromatic rings. The van der Waals surface area contributed by atoms with Crippen LogP contribution in [-0.4, -0.2) is 34.5 Å². The number of rotatable bonds is 5. The highest BCUT2D eigenvalue weighted by atomic mass is 35.5. The van der Waals surface area contributed by atoms with Crippen molar-refractivity contribution < 1.29 is 14.7 Å². The summed E-state index contributed by atoms with van der Waals surface area (Å²) in [6, 6.07) is 4.38. The minimum absolute atomic E-state index is 0.123. The van der Waals surface area contributed by atoms with E-state index < -0.39 is 12.0 Å². The lowest BCUT2D eigenvalue weighted by molar-refractivity contribution is -0.138. The van der Waals surface area contributed by atoms with Crippen molar-refractivity contribution in [3.63, 3.8) is 0 Å². The lowest BCUT2D eigenvalue weighted by atomic mass is 10.1. The average molecular weight is 304 g/mol. The quantitative estimate of drug-likeness (QED) is 0.908. The van der Waals surface area contributed by atoms with Crippen LogP contribution in [0.5, 0.6) is 0 Å². The minimum Gasteiger partial charge on any atom is -0.481 e. The summed E-state index contributed by atoms with van der Waals surface area (Å²) in [5, 5.41) is 9.32. The van der Waals surface area contributed by atoms with Crippen LogP contribution in [-0.2, 0) is 4.79 Å². The Morgan fingerprint density at radius 1 is 1.32 bits per heavy atom. The van der Waals surface area contributed by atoms with Crippen LogP contribution in [0.2, 0.25) is 10.0 Å². The smallest absolute Gasteiger partial charge is 0.305 e. The van der Waals surface area contributed by atoms with Gasteiger partial charge in [0, 0.05) is 12.6 Å². The summed E-state index contributed by atoms with van der Waals surface area (Å²) < 4.78 is 0. The molecule has 4 nitrogen and oxygen atoms in total. The molecule has 1 N–H and O–H groups in total. The predicted molar refractivity (Wildman–Crippen MR) is 74.9 cm³/mol. The van der Waals surface area contributed by atoms with Crippen molar-refractivity contribution in [2.75, 3.05) is 6.54 Å². The second kappa shape index (κ2) is 6.78. The maximum absolute atomic E-state index is 12.4. The largest absolute Gasteiger partial charge is 0.481 e. The van der Waals surface area contributed by atoms with E-state index in [4.69, 9.17) is 28.3 Å². The Labute approximate surface area is 121 Å². The Hall–Kier alpha value is -1.26. The highest BCUT2D eigenvalue weighted by Crippen LogP contribution is 2.26. The van der Waals surface area contributed by atoms with Gasteiger partial charge in [-0.1, -0.05) is 29.3 Å². The molecule has 0 fully saturated rings. The molecule has 0 spiro atoms. The Morgan fingerprint density at radius 3 is 2.26 bits per heavy atom. The summed E-state index contributed by atoms with van der Waals surface area (Å²) in [6.07, 6.45) is -0.123. The highest BCUT2D eigenvalue weighted by molar-refractivity contribution is 6.39. The van der Waals surface area contributed by atoms with Gasteiger partial charge in [0.1, 0.15) is 0 Å². The minimum atomic E-state index is -0.955. The number of hydrogen-bond donors (Lipinski definition) is 1. The number of halogens is 2. The first-order chi connectivity index (χ1) is 8.88. The summed E-state index contributed by atoms with van der Waals surface area (Å²) in [5.74, 6) is -1.31. The zero-order chi connectivity index (χ0) is 14.6. The van der Waals surface area contributed by atoms with E-state index in [1.165, 1.54) is 4.90 Å². The van der Waals surface area contributed by atoms with Crippen LogP contribution in [0, 0.1) is 0 Å². The van der Waals surface area contributed by atoms with Crippen molar-refractivity contribution in [3.05, 3.63) is 33.8 Å². The van der Waals surface area contributed by atoms with Gasteiger partial charge in [-0.15, -0.1) is 0 Å². The monoisotopic (exact) mass is 303 g/mol. The molecular formula is C13H15Cl2NO3. The Kier molecular flexibility index (Phi) is 5.63. The van der Waals surface area contributed by atoms with Gasteiger partial charge in [0.15, 0.2) is 0 Å². The van der Waals surface area contributed by atoms with Gasteiger partial charge in [0.05, 0.1) is 22.0 Å². The molecule has 0 saturated heterocycles. The second-order valence-electron chi connectivity index (χ2n) is 4.13. The average Bonchev–Trinajstić information content (AvgIpc) is 2.28. The van der Waals surface area contributed by atoms with Crippen LogP contribution in [0.15, 0.2) is 18.2 Å². The standard InChI is InChI=1S/C13H15Cl2NO3/c1-3-16(8(2)7-11(17)18)13(19)12-9(14)5-4-6-10(12)15/h4-6,8H,3,7H2,1-2H3,(H,17,18). The fourth-order valence-corrected chi connectivity index (χ4v) is 2.42. The normalized spacial score (nSPS) is 12.0. The number of carbonyl (C=O) groups excluding carboxylic acids is 1. The molecule has 1 atom stereocenters. The summed E-state index contributed by atoms with van der Waals surface area (Å²) in [6.45, 7) is 3.84. The zero-order valence-corrected chi connectivity index (χ0v) is 12.2. The molecule has 0 aliphatic heterocycles. The Bertz CT molecular complexity index is 471. The van der Waals surface area contributed by atoms with Crippen molar-refractivity contribution in [1.29, 1.82) is 0 Å². The number of amides is 1. The van der Waals surface area contributed by atoms with E-state index >= 15 is 0 Å². The van der Waals surface area contributed by atoms with Gasteiger partial charge in [0.2, 0.25) is 0 Å². The molecule has 1 rings (SSSR count). The molecule has 0 aliphatic carbocycles. The first-order valence-electron chi connectivity index (χ1n) is 5.85. The lowest BCUT2D eigenvalue weighted by Gasteiger charge is -2.27. The van der Waals surface area contributed by atoms with Crippen LogP contribution in [0.25, 0.3) is 0 Å². The third-order valence-corrected chi connectivity index (χ3v) is 3.41. The number of nitrogens with zero attached hydrogens (tertiary/aromatic N) is 1. The molecule has 19 heavy (non-hydrogen) atoms. The number of benzene rings is 1. The molecule has 104 valence electrons. The van der Waals surface area contributed by atoms with E-state index in [1.54, 1.807) is 32.0 Å². The highest BCUT2D eigenvalue weighted by Gasteiger charge is 2.25. The van der Waals surface area contributed by atoms with E-state index in [0.29, 0.717) is 6.54 Å². The first-order valence-corrected chi connectivity index (χ1v) is 6.60. The SMILES string of the molecule is CCN(C(=O)c1c(Cl)cccc1Cl)C(C)CC(=O)O. The van der Waals surface area contributed by atoms with E-state index in [2.05, 4.69) is 0 Å². The van der Waals surface area contributed by atoms with E-state index in [-0.39, 0.29) is 27.9 Å². The van der Waals surface area contributed by atoms with E-state index in [9.17, 15) is 9.59 Å². The number of aliphatic carboxylic acids is 1. The van der Waals surface area contributed by atoms with E-state index in [1.807, 2.05) is 0 Å². The first kappa shape index (κ1) is 15.8. The van der Waals surface area contributed by atoms with Crippen molar-refractivity contribution in [2.24, 2.45) is 0 Å². The summed E-state index contributed by atoms with van der Waals surface area (Å²) >= 11 is 12.0.